The van der Waals surface area contributed by atoms with Crippen LogP contribution >= 0.6 is 27.3 Å². The van der Waals surface area contributed by atoms with Gasteiger partial charge in [0.2, 0.25) is 0 Å². The fourth-order valence-corrected chi connectivity index (χ4v) is 3.08. The summed E-state index contributed by atoms with van der Waals surface area (Å²) in [7, 11) is 0. The van der Waals surface area contributed by atoms with Crippen molar-refractivity contribution in [1.29, 1.82) is 0 Å². The third-order valence-corrected chi connectivity index (χ3v) is 4.31. The molecule has 5 heteroatoms. The number of hydrogen-bond acceptors (Lipinski definition) is 4. The van der Waals surface area contributed by atoms with Crippen molar-refractivity contribution in [2.24, 2.45) is 0 Å². The lowest BCUT2D eigenvalue weighted by molar-refractivity contribution is 0.167. The van der Waals surface area contributed by atoms with Crippen LogP contribution in [-0.4, -0.2) is 23.7 Å². The molecule has 2 rings (SSSR count). The highest BCUT2D eigenvalue weighted by molar-refractivity contribution is 9.11. The van der Waals surface area contributed by atoms with Crippen LogP contribution < -0.4 is 5.32 Å². The maximum atomic E-state index is 5.41. The minimum atomic E-state index is 0.109. The van der Waals surface area contributed by atoms with E-state index in [-0.39, 0.29) is 11.6 Å². The summed E-state index contributed by atoms with van der Waals surface area (Å²) in [5, 5.41) is 4.71. The van der Waals surface area contributed by atoms with E-state index in [0.717, 1.165) is 28.4 Å². The van der Waals surface area contributed by atoms with Crippen molar-refractivity contribution in [3.05, 3.63) is 15.0 Å². The quantitative estimate of drug-likeness (QED) is 0.930. The highest BCUT2D eigenvalue weighted by atomic mass is 79.9. The number of aromatic nitrogens is 1. The smallest absolute Gasteiger partial charge is 0.110 e. The first-order valence-electron chi connectivity index (χ1n) is 5.06. The maximum Gasteiger partial charge on any atom is 0.110 e. The third-order valence-electron chi connectivity index (χ3n) is 2.65. The molecule has 1 aliphatic rings. The van der Waals surface area contributed by atoms with E-state index in [9.17, 15) is 0 Å². The van der Waals surface area contributed by atoms with Crippen molar-refractivity contribution in [2.45, 2.75) is 31.8 Å². The summed E-state index contributed by atoms with van der Waals surface area (Å²) in [6.07, 6.45) is 2.93. The van der Waals surface area contributed by atoms with Crippen LogP contribution in [0.25, 0.3) is 0 Å². The lowest BCUT2D eigenvalue weighted by atomic mass is 10.0. The molecule has 0 saturated carbocycles. The molecule has 1 aliphatic heterocycles. The van der Waals surface area contributed by atoms with E-state index in [1.165, 1.54) is 0 Å². The van der Waals surface area contributed by atoms with Crippen molar-refractivity contribution in [3.63, 3.8) is 0 Å². The minimum absolute atomic E-state index is 0.109. The van der Waals surface area contributed by atoms with Crippen molar-refractivity contribution >= 4 is 27.3 Å². The molecule has 1 aromatic rings. The van der Waals surface area contributed by atoms with Gasteiger partial charge in [-0.15, -0.1) is 11.3 Å². The molecule has 0 radical (unpaired) electrons. The van der Waals surface area contributed by atoms with Gasteiger partial charge in [-0.05, 0) is 36.2 Å². The Morgan fingerprint density at radius 3 is 3.07 bits per heavy atom. The van der Waals surface area contributed by atoms with Gasteiger partial charge in [0, 0.05) is 12.1 Å². The van der Waals surface area contributed by atoms with Gasteiger partial charge in [-0.1, -0.05) is 0 Å². The monoisotopic (exact) mass is 290 g/mol. The van der Waals surface area contributed by atoms with Gasteiger partial charge < -0.3 is 10.1 Å². The first-order chi connectivity index (χ1) is 7.09. The van der Waals surface area contributed by atoms with Crippen molar-refractivity contribution in [2.75, 3.05) is 13.2 Å². The van der Waals surface area contributed by atoms with Gasteiger partial charge >= 0.3 is 0 Å². The average molecular weight is 291 g/mol. The lowest BCUT2D eigenvalue weighted by Gasteiger charge is -2.27. The van der Waals surface area contributed by atoms with Crippen molar-refractivity contribution in [3.8, 4) is 0 Å². The molecule has 84 valence electrons. The molecule has 3 nitrogen and oxygen atoms in total. The van der Waals surface area contributed by atoms with Gasteiger partial charge in [-0.25, -0.2) is 4.98 Å². The third kappa shape index (κ3) is 2.78. The highest BCUT2D eigenvalue weighted by Gasteiger charge is 2.31. The van der Waals surface area contributed by atoms with Crippen LogP contribution in [0.5, 0.6) is 0 Å². The summed E-state index contributed by atoms with van der Waals surface area (Å²) in [6.45, 7) is 6.01. The molecule has 0 bridgehead atoms. The normalized spacial score (nSPS) is 28.2. The zero-order chi connectivity index (χ0) is 10.9. The van der Waals surface area contributed by atoms with Crippen molar-refractivity contribution in [1.82, 2.24) is 10.3 Å². The summed E-state index contributed by atoms with van der Waals surface area (Å²) in [5.41, 5.74) is 0.109. The number of thiazole rings is 1. The molecule has 1 fully saturated rings. The molecule has 0 amide bonds. The largest absolute Gasteiger partial charge is 0.379 e. The van der Waals surface area contributed by atoms with Gasteiger partial charge in [-0.2, -0.15) is 0 Å². The molecular weight excluding hydrogens is 276 g/mol. The number of rotatable bonds is 3. The SMILES string of the molecule is CC(NC1(C)CCOC1)c1ncc(Br)s1. The van der Waals surface area contributed by atoms with E-state index in [0.29, 0.717) is 0 Å². The predicted molar refractivity (Wildman–Crippen MR) is 65.2 cm³/mol. The number of halogens is 1. The fourth-order valence-electron chi connectivity index (χ4n) is 1.83. The number of nitrogens with one attached hydrogen (secondary N) is 1. The molecular formula is C10H15BrN2OS. The number of hydrogen-bond donors (Lipinski definition) is 1. The first kappa shape index (κ1) is 11.5. The van der Waals surface area contributed by atoms with E-state index >= 15 is 0 Å². The fraction of sp³-hybridized carbons (Fsp3) is 0.700. The van der Waals surface area contributed by atoms with Crippen molar-refractivity contribution < 1.29 is 4.74 Å². The van der Waals surface area contributed by atoms with Gasteiger partial charge in [0.15, 0.2) is 0 Å². The van der Waals surface area contributed by atoms with Crippen LogP contribution in [0.1, 0.15) is 31.3 Å². The van der Waals surface area contributed by atoms with E-state index < -0.39 is 0 Å². The Hall–Kier alpha value is 0.0300. The van der Waals surface area contributed by atoms with E-state index in [2.05, 4.69) is 40.1 Å². The zero-order valence-corrected chi connectivity index (χ0v) is 11.3. The summed E-state index contributed by atoms with van der Waals surface area (Å²) < 4.78 is 6.50. The molecule has 0 aromatic carbocycles. The van der Waals surface area contributed by atoms with Gasteiger partial charge in [0.05, 0.1) is 22.6 Å². The topological polar surface area (TPSA) is 34.1 Å². The summed E-state index contributed by atoms with van der Waals surface area (Å²) in [4.78, 5) is 4.36. The van der Waals surface area contributed by atoms with Crippen LogP contribution in [0, 0.1) is 0 Å². The molecule has 0 aliphatic carbocycles. The molecule has 2 heterocycles. The second-order valence-electron chi connectivity index (χ2n) is 4.23. The number of ether oxygens (including phenoxy) is 1. The lowest BCUT2D eigenvalue weighted by Crippen LogP contribution is -2.44. The Bertz CT molecular complexity index is 336. The standard InChI is InChI=1S/C10H15BrN2OS/c1-7(9-12-5-8(11)15-9)13-10(2)3-4-14-6-10/h5,7,13H,3-4,6H2,1-2H3. The molecule has 1 saturated heterocycles. The predicted octanol–water partition coefficient (Wildman–Crippen LogP) is 2.74. The Morgan fingerprint density at radius 1 is 1.73 bits per heavy atom. The van der Waals surface area contributed by atoms with E-state index in [1.807, 2.05) is 6.20 Å². The van der Waals surface area contributed by atoms with Gasteiger partial charge in [0.1, 0.15) is 5.01 Å². The van der Waals surface area contributed by atoms with Gasteiger partial charge in [0.25, 0.3) is 0 Å². The molecule has 0 spiro atoms. The molecule has 2 unspecified atom stereocenters. The van der Waals surface area contributed by atoms with Crippen LogP contribution in [0.3, 0.4) is 0 Å². The van der Waals surface area contributed by atoms with E-state index in [4.69, 9.17) is 4.74 Å². The summed E-state index contributed by atoms with van der Waals surface area (Å²) in [5.74, 6) is 0. The first-order valence-corrected chi connectivity index (χ1v) is 6.67. The molecule has 1 N–H and O–H groups in total. The summed E-state index contributed by atoms with van der Waals surface area (Å²) >= 11 is 5.11. The Kier molecular flexibility index (Phi) is 3.45. The van der Waals surface area contributed by atoms with Crippen LogP contribution in [-0.2, 0) is 4.74 Å². The second-order valence-corrected chi connectivity index (χ2v) is 6.67. The zero-order valence-electron chi connectivity index (χ0n) is 8.92. The molecule has 2 atom stereocenters. The van der Waals surface area contributed by atoms with Gasteiger partial charge in [-0.3, -0.25) is 0 Å². The molecule has 15 heavy (non-hydrogen) atoms. The van der Waals surface area contributed by atoms with E-state index in [1.54, 1.807) is 11.3 Å². The second kappa shape index (κ2) is 4.49. The molecule has 1 aromatic heterocycles. The maximum absolute atomic E-state index is 5.41. The summed E-state index contributed by atoms with van der Waals surface area (Å²) in [6, 6.07) is 0.285. The Morgan fingerprint density at radius 2 is 2.53 bits per heavy atom. The Labute approximate surface area is 102 Å². The Balaban J connectivity index is 2.00. The number of nitrogens with zero attached hydrogens (tertiary/aromatic N) is 1. The average Bonchev–Trinajstić information content (AvgIpc) is 2.75. The van der Waals surface area contributed by atoms with Crippen LogP contribution in [0.4, 0.5) is 0 Å². The highest BCUT2D eigenvalue weighted by Crippen LogP contribution is 2.27. The van der Waals surface area contributed by atoms with Crippen LogP contribution in [0.15, 0.2) is 9.98 Å². The minimum Gasteiger partial charge on any atom is -0.379 e. The van der Waals surface area contributed by atoms with Crippen LogP contribution in [0.2, 0.25) is 0 Å².